The van der Waals surface area contributed by atoms with E-state index in [1.165, 1.54) is 0 Å². The van der Waals surface area contributed by atoms with Crippen molar-refractivity contribution in [2.75, 3.05) is 0 Å². The van der Waals surface area contributed by atoms with E-state index in [9.17, 15) is 0 Å². The molecule has 0 unspecified atom stereocenters. The Hall–Kier alpha value is -0.990. The molecular weight excluding hydrogens is 102 g/mol. The third kappa shape index (κ3) is 0.992. The maximum Gasteiger partial charge on any atom is 0.0699 e. The summed E-state index contributed by atoms with van der Waals surface area (Å²) in [5.74, 6) is 0. The van der Waals surface area contributed by atoms with Crippen molar-refractivity contribution < 1.29 is 0 Å². The molecule has 0 aromatic carbocycles. The molecule has 8 heavy (non-hydrogen) atoms. The molecule has 1 radical (unpaired) electrons. The standard InChI is InChI=1S/C5H6N3/c1-2-5-3-4-6-8-7-5/h2-4H,1H3. The fraction of sp³-hybridized carbons (Fsp3) is 0.200. The zero-order valence-corrected chi connectivity index (χ0v) is 4.57. The predicted molar refractivity (Wildman–Crippen MR) is 28.9 cm³/mol. The maximum absolute atomic E-state index is 3.68. The summed E-state index contributed by atoms with van der Waals surface area (Å²) in [6.07, 6.45) is 3.48. The van der Waals surface area contributed by atoms with Crippen LogP contribution in [0.2, 0.25) is 0 Å². The van der Waals surface area contributed by atoms with Gasteiger partial charge in [0.05, 0.1) is 11.9 Å². The highest BCUT2D eigenvalue weighted by atomic mass is 15.3. The van der Waals surface area contributed by atoms with Crippen molar-refractivity contribution in [2.45, 2.75) is 6.92 Å². The molecule has 1 heterocycles. The summed E-state index contributed by atoms with van der Waals surface area (Å²) in [6.45, 7) is 1.91. The van der Waals surface area contributed by atoms with Gasteiger partial charge in [0.1, 0.15) is 0 Å². The van der Waals surface area contributed by atoms with Crippen molar-refractivity contribution >= 4 is 0 Å². The second kappa shape index (κ2) is 2.35. The molecule has 0 saturated heterocycles. The molecule has 0 aliphatic rings. The summed E-state index contributed by atoms with van der Waals surface area (Å²) in [5.41, 5.74) is 0.861. The summed E-state index contributed by atoms with van der Waals surface area (Å²) < 4.78 is 0. The topological polar surface area (TPSA) is 38.7 Å². The van der Waals surface area contributed by atoms with Crippen LogP contribution in [-0.2, 0) is 0 Å². The maximum atomic E-state index is 3.68. The minimum absolute atomic E-state index is 0.861. The smallest absolute Gasteiger partial charge is 0.0699 e. The average molecular weight is 108 g/mol. The van der Waals surface area contributed by atoms with E-state index in [2.05, 4.69) is 15.4 Å². The highest BCUT2D eigenvalue weighted by Crippen LogP contribution is 1.89. The van der Waals surface area contributed by atoms with E-state index in [1.807, 2.05) is 13.3 Å². The van der Waals surface area contributed by atoms with E-state index < -0.39 is 0 Å². The molecule has 1 aromatic rings. The molecule has 0 saturated carbocycles. The molecule has 1 rings (SSSR count). The second-order valence-corrected chi connectivity index (χ2v) is 1.33. The summed E-state index contributed by atoms with van der Waals surface area (Å²) in [6, 6.07) is 1.80. The molecule has 0 fully saturated rings. The Morgan fingerprint density at radius 2 is 2.50 bits per heavy atom. The van der Waals surface area contributed by atoms with Gasteiger partial charge in [0.25, 0.3) is 0 Å². The zero-order chi connectivity index (χ0) is 5.82. The number of aromatic nitrogens is 3. The van der Waals surface area contributed by atoms with Crippen molar-refractivity contribution in [3.8, 4) is 0 Å². The average Bonchev–Trinajstić information content (AvgIpc) is 1.90. The summed E-state index contributed by atoms with van der Waals surface area (Å²) in [4.78, 5) is 0. The van der Waals surface area contributed by atoms with Crippen LogP contribution in [0.25, 0.3) is 0 Å². The molecule has 0 N–H and O–H groups in total. The van der Waals surface area contributed by atoms with Gasteiger partial charge >= 0.3 is 0 Å². The second-order valence-electron chi connectivity index (χ2n) is 1.33. The highest BCUT2D eigenvalue weighted by molar-refractivity contribution is 5.04. The minimum Gasteiger partial charge on any atom is -0.139 e. The first-order chi connectivity index (χ1) is 3.93. The summed E-state index contributed by atoms with van der Waals surface area (Å²) >= 11 is 0. The predicted octanol–water partition coefficient (Wildman–Crippen LogP) is 0.444. The van der Waals surface area contributed by atoms with E-state index in [4.69, 9.17) is 0 Å². The normalized spacial score (nSPS) is 9.12. The fourth-order valence-corrected chi connectivity index (χ4v) is 0.404. The highest BCUT2D eigenvalue weighted by Gasteiger charge is 1.84. The van der Waals surface area contributed by atoms with Crippen LogP contribution < -0.4 is 0 Å². The van der Waals surface area contributed by atoms with Crippen LogP contribution in [0.4, 0.5) is 0 Å². The minimum atomic E-state index is 0.861. The van der Waals surface area contributed by atoms with Crippen LogP contribution >= 0.6 is 0 Å². The number of hydrogen-bond acceptors (Lipinski definition) is 3. The van der Waals surface area contributed by atoms with Gasteiger partial charge in [0, 0.05) is 6.42 Å². The van der Waals surface area contributed by atoms with E-state index >= 15 is 0 Å². The van der Waals surface area contributed by atoms with Crippen LogP contribution in [0.1, 0.15) is 12.6 Å². The van der Waals surface area contributed by atoms with Gasteiger partial charge in [-0.3, -0.25) is 0 Å². The number of hydrogen-bond donors (Lipinski definition) is 0. The Bertz CT molecular complexity index is 149. The molecule has 0 aliphatic carbocycles. The van der Waals surface area contributed by atoms with Crippen LogP contribution in [0.5, 0.6) is 0 Å². The van der Waals surface area contributed by atoms with E-state index in [0.29, 0.717) is 0 Å². The van der Waals surface area contributed by atoms with Crippen molar-refractivity contribution in [3.05, 3.63) is 24.4 Å². The SMILES string of the molecule is C[CH]c1ccnnn1. The molecule has 0 atom stereocenters. The molecule has 0 spiro atoms. The van der Waals surface area contributed by atoms with Crippen LogP contribution in [-0.4, -0.2) is 15.4 Å². The van der Waals surface area contributed by atoms with E-state index in [1.54, 1.807) is 12.3 Å². The molecule has 0 amide bonds. The van der Waals surface area contributed by atoms with Crippen molar-refractivity contribution in [3.63, 3.8) is 0 Å². The largest absolute Gasteiger partial charge is 0.139 e. The lowest BCUT2D eigenvalue weighted by molar-refractivity contribution is 0.843. The van der Waals surface area contributed by atoms with Crippen molar-refractivity contribution in [1.82, 2.24) is 15.4 Å². The first-order valence-corrected chi connectivity index (χ1v) is 2.37. The van der Waals surface area contributed by atoms with Gasteiger partial charge in [-0.2, -0.15) is 0 Å². The molecule has 0 bridgehead atoms. The quantitative estimate of drug-likeness (QED) is 0.524. The Morgan fingerprint density at radius 1 is 1.62 bits per heavy atom. The number of rotatable bonds is 1. The zero-order valence-electron chi connectivity index (χ0n) is 4.57. The Labute approximate surface area is 47.8 Å². The third-order valence-corrected chi connectivity index (χ3v) is 0.820. The van der Waals surface area contributed by atoms with Gasteiger partial charge in [-0.05, 0) is 11.3 Å². The molecule has 1 aromatic heterocycles. The van der Waals surface area contributed by atoms with Gasteiger partial charge in [-0.1, -0.05) is 6.92 Å². The Kier molecular flexibility index (Phi) is 1.51. The lowest BCUT2D eigenvalue weighted by Crippen LogP contribution is -1.88. The molecule has 3 heteroatoms. The van der Waals surface area contributed by atoms with Gasteiger partial charge in [-0.25, -0.2) is 0 Å². The van der Waals surface area contributed by atoms with Gasteiger partial charge in [0.15, 0.2) is 0 Å². The van der Waals surface area contributed by atoms with E-state index in [-0.39, 0.29) is 0 Å². The van der Waals surface area contributed by atoms with Gasteiger partial charge in [-0.15, -0.1) is 10.2 Å². The van der Waals surface area contributed by atoms with Gasteiger partial charge in [0.2, 0.25) is 0 Å². The molecule has 0 aliphatic heterocycles. The lowest BCUT2D eigenvalue weighted by Gasteiger charge is -1.85. The number of nitrogens with zero attached hydrogens (tertiary/aromatic N) is 3. The van der Waals surface area contributed by atoms with Crippen LogP contribution in [0.15, 0.2) is 12.3 Å². The Balaban J connectivity index is 2.83. The van der Waals surface area contributed by atoms with Crippen molar-refractivity contribution in [2.24, 2.45) is 0 Å². The summed E-state index contributed by atoms with van der Waals surface area (Å²) in [7, 11) is 0. The van der Waals surface area contributed by atoms with Crippen molar-refractivity contribution in [1.29, 1.82) is 0 Å². The van der Waals surface area contributed by atoms with Gasteiger partial charge < -0.3 is 0 Å². The van der Waals surface area contributed by atoms with Crippen LogP contribution in [0, 0.1) is 6.42 Å². The molecule has 3 nitrogen and oxygen atoms in total. The van der Waals surface area contributed by atoms with E-state index in [0.717, 1.165) is 5.69 Å². The first-order valence-electron chi connectivity index (χ1n) is 2.37. The lowest BCUT2D eigenvalue weighted by atomic mass is 10.3. The molecule has 41 valence electrons. The fourth-order valence-electron chi connectivity index (χ4n) is 0.404. The first kappa shape index (κ1) is 5.15. The molecular formula is C5H6N3. The third-order valence-electron chi connectivity index (χ3n) is 0.820. The monoisotopic (exact) mass is 108 g/mol. The Morgan fingerprint density at radius 3 is 2.88 bits per heavy atom. The van der Waals surface area contributed by atoms with Crippen LogP contribution in [0.3, 0.4) is 0 Å². The summed E-state index contributed by atoms with van der Waals surface area (Å²) in [5, 5.41) is 10.6.